The van der Waals surface area contributed by atoms with E-state index in [0.717, 1.165) is 22.0 Å². The highest BCUT2D eigenvalue weighted by molar-refractivity contribution is 9.10. The minimum absolute atomic E-state index is 0.125. The molecule has 0 aliphatic carbocycles. The van der Waals surface area contributed by atoms with Crippen LogP contribution in [0.5, 0.6) is 0 Å². The van der Waals surface area contributed by atoms with Gasteiger partial charge in [0, 0.05) is 15.6 Å². The predicted octanol–water partition coefficient (Wildman–Crippen LogP) is 4.31. The van der Waals surface area contributed by atoms with Gasteiger partial charge in [0.25, 0.3) is 5.91 Å². The van der Waals surface area contributed by atoms with Gasteiger partial charge in [-0.3, -0.25) is 4.79 Å². The van der Waals surface area contributed by atoms with Gasteiger partial charge in [-0.1, -0.05) is 46.3 Å². The molecule has 1 aliphatic rings. The largest absolute Gasteiger partial charge is 0.377 e. The first-order valence-electron chi connectivity index (χ1n) is 7.93. The molecule has 0 atom stereocenters. The van der Waals surface area contributed by atoms with Gasteiger partial charge in [0.15, 0.2) is 5.70 Å². The lowest BCUT2D eigenvalue weighted by atomic mass is 9.85. The van der Waals surface area contributed by atoms with Crippen molar-refractivity contribution in [2.24, 2.45) is 16.0 Å². The molecule has 0 fully saturated rings. The summed E-state index contributed by atoms with van der Waals surface area (Å²) in [5, 5.41) is 11.7. The van der Waals surface area contributed by atoms with Crippen molar-refractivity contribution in [3.8, 4) is 0 Å². The van der Waals surface area contributed by atoms with Crippen LogP contribution in [-0.4, -0.2) is 11.4 Å². The average molecular weight is 399 g/mol. The Hall–Kier alpha value is -2.47. The Bertz CT molecular complexity index is 886. The molecule has 5 nitrogen and oxygen atoms in total. The van der Waals surface area contributed by atoms with Gasteiger partial charge in [0.05, 0.1) is 11.4 Å². The van der Waals surface area contributed by atoms with Crippen LogP contribution in [0.25, 0.3) is 5.70 Å². The maximum absolute atomic E-state index is 12.1. The highest BCUT2D eigenvalue weighted by Crippen LogP contribution is 2.32. The molecular formula is C19H19BrN4O. The van der Waals surface area contributed by atoms with Crippen molar-refractivity contribution in [3.05, 3.63) is 69.8 Å². The molecule has 0 unspecified atom stereocenters. The smallest absolute Gasteiger partial charge is 0.271 e. The highest BCUT2D eigenvalue weighted by atomic mass is 79.9. The Morgan fingerprint density at radius 3 is 2.68 bits per heavy atom. The summed E-state index contributed by atoms with van der Waals surface area (Å²) in [6, 6.07) is 15.3. The number of hydrogen-bond donors (Lipinski definition) is 2. The molecule has 1 heterocycles. The van der Waals surface area contributed by atoms with Crippen molar-refractivity contribution < 1.29 is 4.79 Å². The second-order valence-corrected chi connectivity index (χ2v) is 7.53. The summed E-state index contributed by atoms with van der Waals surface area (Å²) >= 11 is 3.39. The van der Waals surface area contributed by atoms with Crippen molar-refractivity contribution >= 4 is 33.2 Å². The van der Waals surface area contributed by atoms with Gasteiger partial charge in [-0.2, -0.15) is 5.11 Å². The third-order valence-corrected chi connectivity index (χ3v) is 4.42. The van der Waals surface area contributed by atoms with Gasteiger partial charge in [-0.05, 0) is 44.0 Å². The lowest BCUT2D eigenvalue weighted by Crippen LogP contribution is -2.44. The number of hydrogen-bond acceptors (Lipinski definition) is 4. The number of nitrogens with zero attached hydrogens (tertiary/aromatic N) is 2. The number of benzene rings is 2. The van der Waals surface area contributed by atoms with E-state index in [4.69, 9.17) is 5.73 Å². The van der Waals surface area contributed by atoms with Crippen LogP contribution < -0.4 is 11.1 Å². The Morgan fingerprint density at radius 2 is 1.96 bits per heavy atom. The fraction of sp³-hybridized carbons (Fsp3) is 0.211. The minimum atomic E-state index is -0.617. The maximum atomic E-state index is 12.1. The molecule has 3 rings (SSSR count). The van der Waals surface area contributed by atoms with Crippen LogP contribution in [0.3, 0.4) is 0 Å². The van der Waals surface area contributed by atoms with Crippen molar-refractivity contribution in [1.82, 2.24) is 5.32 Å². The van der Waals surface area contributed by atoms with Crippen LogP contribution in [0, 0.1) is 0 Å². The van der Waals surface area contributed by atoms with E-state index in [1.165, 1.54) is 0 Å². The molecule has 128 valence electrons. The van der Waals surface area contributed by atoms with E-state index in [1.54, 1.807) is 0 Å². The zero-order valence-corrected chi connectivity index (χ0v) is 15.7. The fourth-order valence-electron chi connectivity index (χ4n) is 2.90. The minimum Gasteiger partial charge on any atom is -0.377 e. The van der Waals surface area contributed by atoms with Crippen molar-refractivity contribution in [1.29, 1.82) is 0 Å². The van der Waals surface area contributed by atoms with E-state index in [2.05, 4.69) is 51.4 Å². The van der Waals surface area contributed by atoms with Crippen molar-refractivity contribution in [2.75, 3.05) is 0 Å². The van der Waals surface area contributed by atoms with Crippen LogP contribution in [0.1, 0.15) is 25.0 Å². The molecule has 2 aromatic rings. The van der Waals surface area contributed by atoms with Crippen LogP contribution in [0.15, 0.2) is 68.9 Å². The van der Waals surface area contributed by atoms with Gasteiger partial charge >= 0.3 is 0 Å². The van der Waals surface area contributed by atoms with Gasteiger partial charge < -0.3 is 11.1 Å². The third kappa shape index (κ3) is 3.96. The van der Waals surface area contributed by atoms with Crippen LogP contribution in [0.4, 0.5) is 5.69 Å². The van der Waals surface area contributed by atoms with Crippen LogP contribution >= 0.6 is 15.9 Å². The van der Waals surface area contributed by atoms with Gasteiger partial charge in [-0.15, -0.1) is 5.11 Å². The molecule has 0 spiro atoms. The summed E-state index contributed by atoms with van der Waals surface area (Å²) in [6.07, 6.45) is 0.849. The molecule has 6 heteroatoms. The zero-order chi connectivity index (χ0) is 18.0. The lowest BCUT2D eigenvalue weighted by molar-refractivity contribution is -0.114. The molecule has 1 aliphatic heterocycles. The zero-order valence-electron chi connectivity index (χ0n) is 14.1. The summed E-state index contributed by atoms with van der Waals surface area (Å²) in [5.41, 5.74) is 8.86. The summed E-state index contributed by atoms with van der Waals surface area (Å²) in [4.78, 5) is 12.1. The van der Waals surface area contributed by atoms with E-state index >= 15 is 0 Å². The first-order valence-corrected chi connectivity index (χ1v) is 8.73. The Morgan fingerprint density at radius 1 is 1.20 bits per heavy atom. The highest BCUT2D eigenvalue weighted by Gasteiger charge is 2.30. The van der Waals surface area contributed by atoms with E-state index < -0.39 is 5.91 Å². The number of primary amides is 1. The summed E-state index contributed by atoms with van der Waals surface area (Å²) < 4.78 is 0.888. The first-order chi connectivity index (χ1) is 11.9. The SMILES string of the molecule is CC1(C)Cc2ccccc2/C(=C(/N=N/c2cccc(Br)c2)C(N)=O)N1. The second-order valence-electron chi connectivity index (χ2n) is 6.61. The molecular weight excluding hydrogens is 380 g/mol. The molecule has 3 N–H and O–H groups in total. The average Bonchev–Trinajstić information content (AvgIpc) is 2.53. The number of amides is 1. The standard InChI is InChI=1S/C19H19BrN4O/c1-19(2)11-12-6-3-4-9-15(12)16(22-19)17(18(21)25)24-23-14-8-5-7-13(20)10-14/h3-10,22H,11H2,1-2H3,(H2,21,25)/b17-16-,24-23+. The molecule has 1 amide bonds. The number of nitrogens with one attached hydrogen (secondary N) is 1. The lowest BCUT2D eigenvalue weighted by Gasteiger charge is -2.35. The monoisotopic (exact) mass is 398 g/mol. The number of carbonyl (C=O) groups is 1. The Labute approximate surface area is 155 Å². The predicted molar refractivity (Wildman–Crippen MR) is 102 cm³/mol. The normalized spacial score (nSPS) is 17.7. The third-order valence-electron chi connectivity index (χ3n) is 3.93. The van der Waals surface area contributed by atoms with E-state index in [-0.39, 0.29) is 11.2 Å². The number of halogens is 1. The number of fused-ring (bicyclic) bond motifs is 1. The Balaban J connectivity index is 2.11. The fourth-order valence-corrected chi connectivity index (χ4v) is 3.29. The Kier molecular flexibility index (Phi) is 4.72. The molecule has 25 heavy (non-hydrogen) atoms. The number of rotatable bonds is 3. The van der Waals surface area contributed by atoms with Crippen LogP contribution in [-0.2, 0) is 11.2 Å². The number of carbonyl (C=O) groups excluding carboxylic acids is 1. The second kappa shape index (κ2) is 6.80. The summed E-state index contributed by atoms with van der Waals surface area (Å²) in [6.45, 7) is 4.15. The molecule has 0 saturated carbocycles. The number of nitrogens with two attached hydrogens (primary N) is 1. The van der Waals surface area contributed by atoms with Crippen molar-refractivity contribution in [2.45, 2.75) is 25.8 Å². The summed E-state index contributed by atoms with van der Waals surface area (Å²) in [7, 11) is 0. The molecule has 2 aromatic carbocycles. The topological polar surface area (TPSA) is 79.8 Å². The molecule has 0 bridgehead atoms. The quantitative estimate of drug-likeness (QED) is 0.596. The first kappa shape index (κ1) is 17.4. The van der Waals surface area contributed by atoms with E-state index in [0.29, 0.717) is 11.4 Å². The molecule has 0 aromatic heterocycles. The van der Waals surface area contributed by atoms with Gasteiger partial charge in [0.1, 0.15) is 0 Å². The van der Waals surface area contributed by atoms with Crippen molar-refractivity contribution in [3.63, 3.8) is 0 Å². The summed E-state index contributed by atoms with van der Waals surface area (Å²) in [5.74, 6) is -0.617. The van der Waals surface area contributed by atoms with Gasteiger partial charge in [-0.25, -0.2) is 0 Å². The van der Waals surface area contributed by atoms with Crippen LogP contribution in [0.2, 0.25) is 0 Å². The van der Waals surface area contributed by atoms with E-state index in [9.17, 15) is 4.79 Å². The maximum Gasteiger partial charge on any atom is 0.271 e. The number of azo groups is 1. The molecule has 0 saturated heterocycles. The molecule has 0 radical (unpaired) electrons. The van der Waals surface area contributed by atoms with Gasteiger partial charge in [0.2, 0.25) is 0 Å². The van der Waals surface area contributed by atoms with E-state index in [1.807, 2.05) is 42.5 Å².